The lowest BCUT2D eigenvalue weighted by molar-refractivity contribution is -0.142. The average Bonchev–Trinajstić information content (AvgIpc) is 3.10. The molecule has 3 fully saturated rings. The topological polar surface area (TPSA) is 75.9 Å². The highest BCUT2D eigenvalue weighted by Crippen LogP contribution is 2.31. The van der Waals surface area contributed by atoms with Crippen LogP contribution >= 0.6 is 0 Å². The van der Waals surface area contributed by atoms with E-state index in [0.717, 1.165) is 45.1 Å². The van der Waals surface area contributed by atoms with Gasteiger partial charge >= 0.3 is 6.03 Å². The second-order valence-corrected chi connectivity index (χ2v) is 6.06. The lowest BCUT2D eigenvalue weighted by Gasteiger charge is -2.39. The van der Waals surface area contributed by atoms with Gasteiger partial charge < -0.3 is 20.3 Å². The third kappa shape index (κ3) is 2.75. The van der Waals surface area contributed by atoms with E-state index in [9.17, 15) is 9.59 Å². The molecule has 2 aliphatic heterocycles. The van der Waals surface area contributed by atoms with E-state index in [2.05, 4.69) is 0 Å². The number of urea groups is 1. The number of hydrogen-bond acceptors (Lipinski definition) is 3. The van der Waals surface area contributed by atoms with E-state index < -0.39 is 0 Å². The molecule has 0 radical (unpaired) electrons. The molecule has 3 amide bonds. The quantitative estimate of drug-likeness (QED) is 0.827. The monoisotopic (exact) mass is 281 g/mol. The molecule has 2 heterocycles. The third-order valence-corrected chi connectivity index (χ3v) is 4.50. The van der Waals surface area contributed by atoms with Gasteiger partial charge in [0.25, 0.3) is 5.91 Å². The summed E-state index contributed by atoms with van der Waals surface area (Å²) < 4.78 is 5.47. The van der Waals surface area contributed by atoms with Crippen LogP contribution in [0.1, 0.15) is 38.5 Å². The van der Waals surface area contributed by atoms with Crippen LogP contribution in [0.5, 0.6) is 0 Å². The van der Waals surface area contributed by atoms with E-state index in [1.807, 2.05) is 4.90 Å². The molecule has 2 N–H and O–H groups in total. The smallest absolute Gasteiger partial charge is 0.315 e. The number of ether oxygens (including phenoxy) is 1. The summed E-state index contributed by atoms with van der Waals surface area (Å²) in [7, 11) is 0. The first-order valence-electron chi connectivity index (χ1n) is 7.65. The Morgan fingerprint density at radius 1 is 1.10 bits per heavy atom. The highest BCUT2D eigenvalue weighted by Gasteiger charge is 2.40. The maximum atomic E-state index is 12.4. The summed E-state index contributed by atoms with van der Waals surface area (Å²) in [6, 6.07) is 0.0401. The summed E-state index contributed by atoms with van der Waals surface area (Å²) in [6.07, 6.45) is 5.47. The summed E-state index contributed by atoms with van der Waals surface area (Å²) in [5.74, 6) is 0.0902. The lowest BCUT2D eigenvalue weighted by atomic mass is 10.0. The summed E-state index contributed by atoms with van der Waals surface area (Å²) in [5, 5.41) is 0. The van der Waals surface area contributed by atoms with Crippen molar-refractivity contribution in [3.8, 4) is 0 Å². The molecular formula is C14H23N3O3. The second-order valence-electron chi connectivity index (χ2n) is 6.06. The maximum Gasteiger partial charge on any atom is 0.315 e. The zero-order valence-electron chi connectivity index (χ0n) is 11.8. The fourth-order valence-electron chi connectivity index (χ4n) is 3.37. The van der Waals surface area contributed by atoms with E-state index >= 15 is 0 Å². The number of rotatable bonds is 3. The molecule has 0 bridgehead atoms. The zero-order chi connectivity index (χ0) is 14.1. The molecular weight excluding hydrogens is 258 g/mol. The van der Waals surface area contributed by atoms with Gasteiger partial charge in [0.2, 0.25) is 0 Å². The minimum atomic E-state index is -0.344. The zero-order valence-corrected chi connectivity index (χ0v) is 11.8. The molecule has 2 atom stereocenters. The standard InChI is InChI=1S/C14H23N3O3/c15-14(19)17(10-5-6-10)11-3-1-7-16(9-11)13(18)12-4-2-8-20-12/h10-12H,1-9H2,(H2,15,19)/t11-,12+/m1/s1. The van der Waals surface area contributed by atoms with Crippen molar-refractivity contribution in [2.75, 3.05) is 19.7 Å². The largest absolute Gasteiger partial charge is 0.368 e. The van der Waals surface area contributed by atoms with Gasteiger partial charge in [-0.25, -0.2) is 4.79 Å². The van der Waals surface area contributed by atoms with Crippen LogP contribution in [0, 0.1) is 0 Å². The third-order valence-electron chi connectivity index (χ3n) is 4.50. The van der Waals surface area contributed by atoms with Gasteiger partial charge in [-0.2, -0.15) is 0 Å². The first-order chi connectivity index (χ1) is 9.66. The number of primary amides is 1. The molecule has 1 saturated carbocycles. The molecule has 0 aromatic carbocycles. The first-order valence-corrected chi connectivity index (χ1v) is 7.65. The Kier molecular flexibility index (Phi) is 3.83. The number of likely N-dealkylation sites (tertiary alicyclic amines) is 1. The minimum Gasteiger partial charge on any atom is -0.368 e. The van der Waals surface area contributed by atoms with E-state index in [4.69, 9.17) is 10.5 Å². The van der Waals surface area contributed by atoms with E-state index in [-0.39, 0.29) is 24.1 Å². The van der Waals surface area contributed by atoms with Gasteiger partial charge in [-0.05, 0) is 38.5 Å². The highest BCUT2D eigenvalue weighted by molar-refractivity contribution is 5.81. The number of amides is 3. The Bertz CT molecular complexity index is 391. The Morgan fingerprint density at radius 2 is 1.90 bits per heavy atom. The summed E-state index contributed by atoms with van der Waals surface area (Å²) >= 11 is 0. The molecule has 6 heteroatoms. The van der Waals surface area contributed by atoms with Gasteiger partial charge in [-0.15, -0.1) is 0 Å². The van der Waals surface area contributed by atoms with Crippen LogP contribution in [0.15, 0.2) is 0 Å². The molecule has 0 unspecified atom stereocenters. The van der Waals surface area contributed by atoms with Crippen molar-refractivity contribution >= 4 is 11.9 Å². The molecule has 20 heavy (non-hydrogen) atoms. The number of nitrogens with zero attached hydrogens (tertiary/aromatic N) is 2. The number of nitrogens with two attached hydrogens (primary N) is 1. The van der Waals surface area contributed by atoms with E-state index in [1.165, 1.54) is 0 Å². The van der Waals surface area contributed by atoms with Crippen molar-refractivity contribution in [1.29, 1.82) is 0 Å². The Hall–Kier alpha value is -1.30. The number of carbonyl (C=O) groups excluding carboxylic acids is 2. The molecule has 112 valence electrons. The van der Waals surface area contributed by atoms with Crippen molar-refractivity contribution in [3.63, 3.8) is 0 Å². The maximum absolute atomic E-state index is 12.4. The molecule has 0 aromatic heterocycles. The van der Waals surface area contributed by atoms with Gasteiger partial charge in [0.1, 0.15) is 6.10 Å². The molecule has 3 rings (SSSR count). The summed E-state index contributed by atoms with van der Waals surface area (Å²) in [6.45, 7) is 2.06. The van der Waals surface area contributed by atoms with Gasteiger partial charge in [0.15, 0.2) is 0 Å². The molecule has 0 spiro atoms. The lowest BCUT2D eigenvalue weighted by Crippen LogP contribution is -2.55. The van der Waals surface area contributed by atoms with E-state index in [1.54, 1.807) is 4.90 Å². The molecule has 0 aromatic rings. The van der Waals surface area contributed by atoms with Gasteiger partial charge in [0.05, 0.1) is 6.04 Å². The highest BCUT2D eigenvalue weighted by atomic mass is 16.5. The van der Waals surface area contributed by atoms with E-state index in [0.29, 0.717) is 19.2 Å². The van der Waals surface area contributed by atoms with Crippen molar-refractivity contribution in [1.82, 2.24) is 9.80 Å². The van der Waals surface area contributed by atoms with Crippen LogP contribution in [0.25, 0.3) is 0 Å². The normalized spacial score (nSPS) is 30.3. The number of piperidine rings is 1. The fourth-order valence-corrected chi connectivity index (χ4v) is 3.37. The van der Waals surface area contributed by atoms with Crippen molar-refractivity contribution in [2.24, 2.45) is 5.73 Å². The van der Waals surface area contributed by atoms with Crippen molar-refractivity contribution in [2.45, 2.75) is 56.7 Å². The predicted octanol–water partition coefficient (Wildman–Crippen LogP) is 0.699. The van der Waals surface area contributed by atoms with Crippen LogP contribution in [0.3, 0.4) is 0 Å². The van der Waals surface area contributed by atoms with Crippen LogP contribution in [-0.4, -0.2) is 59.6 Å². The van der Waals surface area contributed by atoms with Crippen LogP contribution in [0.2, 0.25) is 0 Å². The molecule has 6 nitrogen and oxygen atoms in total. The van der Waals surface area contributed by atoms with Crippen molar-refractivity contribution in [3.05, 3.63) is 0 Å². The first kappa shape index (κ1) is 13.7. The number of carbonyl (C=O) groups is 2. The number of hydrogen-bond donors (Lipinski definition) is 1. The molecule has 1 aliphatic carbocycles. The van der Waals surface area contributed by atoms with Gasteiger partial charge in [0, 0.05) is 25.7 Å². The average molecular weight is 281 g/mol. The van der Waals surface area contributed by atoms with Crippen LogP contribution in [0.4, 0.5) is 4.79 Å². The summed E-state index contributed by atoms with van der Waals surface area (Å²) in [4.78, 5) is 27.7. The fraction of sp³-hybridized carbons (Fsp3) is 0.857. The van der Waals surface area contributed by atoms with Gasteiger partial charge in [-0.3, -0.25) is 4.79 Å². The van der Waals surface area contributed by atoms with Crippen LogP contribution in [-0.2, 0) is 9.53 Å². The SMILES string of the molecule is NC(=O)N(C1CC1)[C@@H]1CCCN(C(=O)[C@@H]2CCCO2)C1. The van der Waals surface area contributed by atoms with Crippen LogP contribution < -0.4 is 5.73 Å². The Morgan fingerprint density at radius 3 is 2.50 bits per heavy atom. The Labute approximate surface area is 119 Å². The van der Waals surface area contributed by atoms with Gasteiger partial charge in [-0.1, -0.05) is 0 Å². The predicted molar refractivity (Wildman–Crippen MR) is 73.0 cm³/mol. The Balaban J connectivity index is 1.63. The van der Waals surface area contributed by atoms with Crippen molar-refractivity contribution < 1.29 is 14.3 Å². The minimum absolute atomic E-state index is 0.0825. The summed E-state index contributed by atoms with van der Waals surface area (Å²) in [5.41, 5.74) is 5.51. The second kappa shape index (κ2) is 5.60. The molecule has 2 saturated heterocycles. The molecule has 3 aliphatic rings.